The molecule has 1 saturated carbocycles. The minimum atomic E-state index is -0.757. The van der Waals surface area contributed by atoms with Crippen molar-refractivity contribution >= 4 is 17.5 Å². The predicted molar refractivity (Wildman–Crippen MR) is 88.1 cm³/mol. The zero-order valence-corrected chi connectivity index (χ0v) is 13.7. The number of carbonyl (C=O) groups is 1. The minimum absolute atomic E-state index is 0.0193. The van der Waals surface area contributed by atoms with E-state index < -0.39 is 11.7 Å². The number of nitrogen functional groups attached to an aromatic ring is 1. The number of amides is 1. The maximum atomic E-state index is 12.8. The van der Waals surface area contributed by atoms with Gasteiger partial charge in [0.15, 0.2) is 11.6 Å². The highest BCUT2D eigenvalue weighted by atomic mass is 19.1. The molecule has 0 unspecified atom stereocenters. The fourth-order valence-electron chi connectivity index (χ4n) is 2.68. The molecule has 1 amide bonds. The first-order valence-corrected chi connectivity index (χ1v) is 7.80. The van der Waals surface area contributed by atoms with Crippen molar-refractivity contribution in [2.24, 2.45) is 17.6 Å². The monoisotopic (exact) mass is 310 g/mol. The Balaban J connectivity index is 0.000000235. The van der Waals surface area contributed by atoms with Crippen molar-refractivity contribution in [2.45, 2.75) is 46.0 Å². The Morgan fingerprint density at radius 2 is 1.95 bits per heavy atom. The molecular formula is C16H27FN4O. The van der Waals surface area contributed by atoms with Gasteiger partial charge in [-0.05, 0) is 17.9 Å². The topological polar surface area (TPSA) is 94.0 Å². The van der Waals surface area contributed by atoms with Gasteiger partial charge < -0.3 is 16.8 Å². The van der Waals surface area contributed by atoms with E-state index in [-0.39, 0.29) is 17.2 Å². The van der Waals surface area contributed by atoms with E-state index in [9.17, 15) is 9.18 Å². The number of rotatable bonds is 3. The number of nitrogens with two attached hydrogens (primary N) is 2. The lowest BCUT2D eigenvalue weighted by Gasteiger charge is -2.24. The van der Waals surface area contributed by atoms with Crippen LogP contribution in [-0.4, -0.2) is 17.9 Å². The molecule has 1 aromatic rings. The average Bonchev–Trinajstić information content (AvgIpc) is 2.50. The molecule has 2 rings (SSSR count). The molecule has 0 spiro atoms. The van der Waals surface area contributed by atoms with Gasteiger partial charge in [-0.2, -0.15) is 0 Å². The number of hydrogen-bond acceptors (Lipinski definition) is 4. The van der Waals surface area contributed by atoms with Gasteiger partial charge >= 0.3 is 0 Å². The van der Waals surface area contributed by atoms with Crippen molar-refractivity contribution in [2.75, 3.05) is 18.1 Å². The highest BCUT2D eigenvalue weighted by Crippen LogP contribution is 2.29. The van der Waals surface area contributed by atoms with E-state index in [0.29, 0.717) is 0 Å². The molecule has 0 bridgehead atoms. The van der Waals surface area contributed by atoms with Gasteiger partial charge in [0.25, 0.3) is 5.91 Å². The minimum Gasteiger partial charge on any atom is -0.381 e. The summed E-state index contributed by atoms with van der Waals surface area (Å²) >= 11 is 0. The van der Waals surface area contributed by atoms with Crippen LogP contribution < -0.4 is 16.8 Å². The lowest BCUT2D eigenvalue weighted by molar-refractivity contribution is 0.100. The zero-order valence-electron chi connectivity index (χ0n) is 13.7. The van der Waals surface area contributed by atoms with Crippen LogP contribution >= 0.6 is 0 Å². The van der Waals surface area contributed by atoms with Crippen LogP contribution in [0.2, 0.25) is 0 Å². The van der Waals surface area contributed by atoms with Crippen LogP contribution in [0.1, 0.15) is 56.3 Å². The van der Waals surface area contributed by atoms with E-state index in [1.807, 2.05) is 0 Å². The van der Waals surface area contributed by atoms with Crippen LogP contribution in [-0.2, 0) is 0 Å². The number of halogens is 1. The van der Waals surface area contributed by atoms with Crippen molar-refractivity contribution in [1.29, 1.82) is 0 Å². The van der Waals surface area contributed by atoms with Crippen LogP contribution in [0.4, 0.5) is 16.0 Å². The first-order chi connectivity index (χ1) is 10.4. The summed E-state index contributed by atoms with van der Waals surface area (Å²) in [7, 11) is 1.53. The summed E-state index contributed by atoms with van der Waals surface area (Å²) in [5, 5.41) is 2.59. The second-order valence-corrected chi connectivity index (χ2v) is 6.01. The maximum absolute atomic E-state index is 12.8. The molecule has 0 atom stereocenters. The molecule has 22 heavy (non-hydrogen) atoms. The average molecular weight is 310 g/mol. The number of nitrogens with zero attached hydrogens (tertiary/aromatic N) is 1. The van der Waals surface area contributed by atoms with E-state index in [2.05, 4.69) is 24.1 Å². The van der Waals surface area contributed by atoms with Gasteiger partial charge in [-0.3, -0.25) is 4.79 Å². The molecular weight excluding hydrogens is 283 g/mol. The third-order valence-electron chi connectivity index (χ3n) is 4.10. The second-order valence-electron chi connectivity index (χ2n) is 6.01. The molecule has 1 aliphatic carbocycles. The Morgan fingerprint density at radius 1 is 1.36 bits per heavy atom. The quantitative estimate of drug-likeness (QED) is 0.799. The molecule has 5 N–H and O–H groups in total. The number of carbonyl (C=O) groups excluding carboxylic acids is 1. The van der Waals surface area contributed by atoms with Crippen LogP contribution in [0.3, 0.4) is 0 Å². The Kier molecular flexibility index (Phi) is 7.08. The van der Waals surface area contributed by atoms with Crippen molar-refractivity contribution < 1.29 is 9.18 Å². The summed E-state index contributed by atoms with van der Waals surface area (Å²) in [4.78, 5) is 14.4. The molecule has 1 aliphatic rings. The van der Waals surface area contributed by atoms with Gasteiger partial charge in [-0.15, -0.1) is 0 Å². The van der Waals surface area contributed by atoms with E-state index in [1.165, 1.54) is 39.2 Å². The normalized spacial score (nSPS) is 15.1. The lowest BCUT2D eigenvalue weighted by Crippen LogP contribution is -2.15. The van der Waals surface area contributed by atoms with Crippen molar-refractivity contribution in [3.05, 3.63) is 17.4 Å². The summed E-state index contributed by atoms with van der Waals surface area (Å²) in [6.07, 6.45) is 7.46. The Hall–Kier alpha value is -1.85. The molecule has 1 heterocycles. The summed E-state index contributed by atoms with van der Waals surface area (Å²) < 4.78 is 12.8. The van der Waals surface area contributed by atoms with Crippen molar-refractivity contribution in [3.63, 3.8) is 0 Å². The Labute approximate surface area is 131 Å². The number of pyridine rings is 1. The van der Waals surface area contributed by atoms with Crippen LogP contribution in [0.25, 0.3) is 0 Å². The third kappa shape index (κ3) is 5.16. The van der Waals surface area contributed by atoms with Gasteiger partial charge in [0.05, 0.1) is 5.56 Å². The van der Waals surface area contributed by atoms with Crippen molar-refractivity contribution in [1.82, 2.24) is 4.98 Å². The summed E-state index contributed by atoms with van der Waals surface area (Å²) in [6.45, 7) is 4.71. The van der Waals surface area contributed by atoms with E-state index in [4.69, 9.17) is 11.5 Å². The van der Waals surface area contributed by atoms with Crippen LogP contribution in [0.5, 0.6) is 0 Å². The number of primary amides is 1. The molecule has 0 aromatic carbocycles. The predicted octanol–water partition coefficient (Wildman–Crippen LogP) is 3.17. The SMILES string of the molecule is CC(C)C1CCCCC1.CNc1nc(N)c(F)cc1C(N)=O. The highest BCUT2D eigenvalue weighted by Gasteiger charge is 2.15. The molecule has 0 saturated heterocycles. The smallest absolute Gasteiger partial charge is 0.252 e. The fourth-order valence-corrected chi connectivity index (χ4v) is 2.68. The third-order valence-corrected chi connectivity index (χ3v) is 4.10. The van der Waals surface area contributed by atoms with Crippen LogP contribution in [0, 0.1) is 17.7 Å². The number of hydrogen-bond donors (Lipinski definition) is 3. The van der Waals surface area contributed by atoms with E-state index in [1.54, 1.807) is 0 Å². The zero-order chi connectivity index (χ0) is 16.7. The first kappa shape index (κ1) is 18.2. The molecule has 1 aromatic heterocycles. The lowest BCUT2D eigenvalue weighted by atomic mass is 9.82. The summed E-state index contributed by atoms with van der Waals surface area (Å²) in [6, 6.07) is 0.955. The van der Waals surface area contributed by atoms with Crippen LogP contribution in [0.15, 0.2) is 6.07 Å². The molecule has 5 nitrogen and oxygen atoms in total. The van der Waals surface area contributed by atoms with Gasteiger partial charge in [0.2, 0.25) is 0 Å². The molecule has 0 radical (unpaired) electrons. The van der Waals surface area contributed by atoms with E-state index in [0.717, 1.165) is 17.9 Å². The number of anilines is 2. The van der Waals surface area contributed by atoms with Crippen molar-refractivity contribution in [3.8, 4) is 0 Å². The highest BCUT2D eigenvalue weighted by molar-refractivity contribution is 5.97. The first-order valence-electron chi connectivity index (χ1n) is 7.80. The van der Waals surface area contributed by atoms with Gasteiger partial charge in [0, 0.05) is 7.05 Å². The second kappa shape index (κ2) is 8.56. The fraction of sp³-hybridized carbons (Fsp3) is 0.625. The number of nitrogens with one attached hydrogen (secondary N) is 1. The van der Waals surface area contributed by atoms with E-state index >= 15 is 0 Å². The molecule has 6 heteroatoms. The standard InChI is InChI=1S/C9H18.C7H9FN4O/c1-8(2)9-6-4-3-5-7-9;1-11-7-3(6(10)13)2-4(8)5(9)12-7/h8-9H,3-7H2,1-2H3;2H,1H3,(H2,10,13)(H3,9,11,12). The molecule has 124 valence electrons. The largest absolute Gasteiger partial charge is 0.381 e. The maximum Gasteiger partial charge on any atom is 0.252 e. The summed E-state index contributed by atoms with van der Waals surface area (Å²) in [5.41, 5.74) is 10.2. The van der Waals surface area contributed by atoms with Gasteiger partial charge in [-0.25, -0.2) is 9.37 Å². The Morgan fingerprint density at radius 3 is 2.36 bits per heavy atom. The Bertz CT molecular complexity index is 499. The van der Waals surface area contributed by atoms with Gasteiger partial charge in [-0.1, -0.05) is 46.0 Å². The summed E-state index contributed by atoms with van der Waals surface area (Å²) in [5.74, 6) is 0.383. The number of aromatic nitrogens is 1. The molecule has 1 fully saturated rings. The molecule has 0 aliphatic heterocycles. The van der Waals surface area contributed by atoms with Gasteiger partial charge in [0.1, 0.15) is 5.82 Å².